The van der Waals surface area contributed by atoms with Gasteiger partial charge in [-0.2, -0.15) is 0 Å². The lowest BCUT2D eigenvalue weighted by Gasteiger charge is -2.45. The third kappa shape index (κ3) is 5.82. The fraction of sp³-hybridized carbons (Fsp3) is 0.364. The van der Waals surface area contributed by atoms with Crippen molar-refractivity contribution in [2.45, 2.75) is 45.3 Å². The number of ether oxygens (including phenoxy) is 2. The number of benzene rings is 2. The molecule has 2 N–H and O–H groups in total. The number of hydrogen-bond acceptors (Lipinski definition) is 9. The molecule has 43 heavy (non-hydrogen) atoms. The molecule has 0 unspecified atom stereocenters. The van der Waals surface area contributed by atoms with E-state index in [1.807, 2.05) is 68.7 Å². The molecule has 1 aliphatic heterocycles. The Hall–Kier alpha value is -3.99. The van der Waals surface area contributed by atoms with Crippen molar-refractivity contribution in [2.75, 3.05) is 39.0 Å². The predicted molar refractivity (Wildman–Crippen MR) is 170 cm³/mol. The zero-order valence-corrected chi connectivity index (χ0v) is 25.7. The number of aryl methyl sites for hydroxylation is 2. The lowest BCUT2D eigenvalue weighted by molar-refractivity contribution is 0.0586. The van der Waals surface area contributed by atoms with Gasteiger partial charge in [0.25, 0.3) is 0 Å². The van der Waals surface area contributed by atoms with Gasteiger partial charge >= 0.3 is 0 Å². The number of imidazole rings is 1. The van der Waals surface area contributed by atoms with Gasteiger partial charge in [0.05, 0.1) is 9.88 Å². The first-order valence-corrected chi connectivity index (χ1v) is 15.7. The second-order valence-electron chi connectivity index (χ2n) is 11.8. The van der Waals surface area contributed by atoms with E-state index in [9.17, 15) is 0 Å². The predicted octanol–water partition coefficient (Wildman–Crippen LogP) is 5.92. The minimum atomic E-state index is 0.410. The second-order valence-corrected chi connectivity index (χ2v) is 13.1. The molecule has 0 atom stereocenters. The molecule has 7 rings (SSSR count). The first kappa shape index (κ1) is 27.8. The minimum absolute atomic E-state index is 0.410. The lowest BCUT2D eigenvalue weighted by Crippen LogP contribution is -2.52. The van der Waals surface area contributed by atoms with Crippen LogP contribution in [0, 0.1) is 13.8 Å². The van der Waals surface area contributed by atoms with E-state index in [0.29, 0.717) is 24.4 Å². The quantitative estimate of drug-likeness (QED) is 0.236. The van der Waals surface area contributed by atoms with Crippen molar-refractivity contribution in [1.29, 1.82) is 0 Å². The number of piperazine rings is 1. The first-order valence-electron chi connectivity index (χ1n) is 14.9. The number of thiazole rings is 1. The highest BCUT2D eigenvalue weighted by Gasteiger charge is 2.38. The van der Waals surface area contributed by atoms with E-state index in [-0.39, 0.29) is 0 Å². The molecule has 222 valence electrons. The van der Waals surface area contributed by atoms with Gasteiger partial charge in [-0.15, -0.1) is 11.3 Å². The Morgan fingerprint density at radius 2 is 1.72 bits per heavy atom. The summed E-state index contributed by atoms with van der Waals surface area (Å²) in [4.78, 5) is 20.0. The van der Waals surface area contributed by atoms with E-state index in [4.69, 9.17) is 20.2 Å². The van der Waals surface area contributed by atoms with Gasteiger partial charge < -0.3 is 20.1 Å². The Balaban J connectivity index is 1.07. The normalized spacial score (nSPS) is 19.4. The molecular formula is C33H37N7O2S. The number of hydrogen-bond donors (Lipinski definition) is 1. The molecule has 2 fully saturated rings. The van der Waals surface area contributed by atoms with E-state index in [0.717, 1.165) is 94.3 Å². The summed E-state index contributed by atoms with van der Waals surface area (Å²) >= 11 is 1.64. The van der Waals surface area contributed by atoms with E-state index in [1.165, 1.54) is 0 Å². The number of aromatic nitrogens is 4. The van der Waals surface area contributed by atoms with E-state index >= 15 is 0 Å². The second kappa shape index (κ2) is 11.6. The van der Waals surface area contributed by atoms with E-state index < -0.39 is 0 Å². The smallest absolute Gasteiger partial charge is 0.150 e. The van der Waals surface area contributed by atoms with Crippen LogP contribution in [0.5, 0.6) is 17.2 Å². The molecule has 2 aliphatic rings. The van der Waals surface area contributed by atoms with Gasteiger partial charge in [-0.3, -0.25) is 9.30 Å². The van der Waals surface area contributed by atoms with Crippen molar-refractivity contribution < 1.29 is 9.47 Å². The zero-order chi connectivity index (χ0) is 29.5. The Kier molecular flexibility index (Phi) is 7.50. The number of likely N-dealkylation sites (N-methyl/N-ethyl adjacent to an activating group) is 1. The first-order chi connectivity index (χ1) is 20.9. The third-order valence-electron chi connectivity index (χ3n) is 8.58. The topological polar surface area (TPSA) is 94.0 Å². The Morgan fingerprint density at radius 1 is 0.953 bits per heavy atom. The van der Waals surface area contributed by atoms with E-state index in [1.54, 1.807) is 17.5 Å². The molecular weight excluding hydrogens is 558 g/mol. The minimum Gasteiger partial charge on any atom is -0.488 e. The van der Waals surface area contributed by atoms with Gasteiger partial charge in [0, 0.05) is 68.4 Å². The summed E-state index contributed by atoms with van der Waals surface area (Å²) in [5.74, 6) is 4.21. The molecule has 0 radical (unpaired) electrons. The zero-order valence-electron chi connectivity index (χ0n) is 24.9. The third-order valence-corrected chi connectivity index (χ3v) is 9.47. The molecule has 1 saturated carbocycles. The number of anilines is 1. The summed E-state index contributed by atoms with van der Waals surface area (Å²) in [6.45, 7) is 9.11. The van der Waals surface area contributed by atoms with Crippen LogP contribution in [0.25, 0.3) is 16.8 Å². The van der Waals surface area contributed by atoms with Crippen molar-refractivity contribution in [3.8, 4) is 28.5 Å². The van der Waals surface area contributed by atoms with Crippen LogP contribution in [-0.4, -0.2) is 68.4 Å². The van der Waals surface area contributed by atoms with Crippen molar-refractivity contribution in [2.24, 2.45) is 0 Å². The monoisotopic (exact) mass is 595 g/mol. The molecule has 0 amide bonds. The molecule has 0 spiro atoms. The Labute approximate surface area is 255 Å². The number of rotatable bonds is 8. The van der Waals surface area contributed by atoms with Crippen LogP contribution < -0.4 is 15.2 Å². The van der Waals surface area contributed by atoms with Crippen LogP contribution in [0.3, 0.4) is 0 Å². The van der Waals surface area contributed by atoms with Crippen LogP contribution in [0.1, 0.15) is 40.0 Å². The highest BCUT2D eigenvalue weighted by molar-refractivity contribution is 7.11. The van der Waals surface area contributed by atoms with Crippen LogP contribution in [0.15, 0.2) is 61.1 Å². The van der Waals surface area contributed by atoms with Crippen LogP contribution in [-0.2, 0) is 6.61 Å². The van der Waals surface area contributed by atoms with Crippen molar-refractivity contribution >= 4 is 22.7 Å². The van der Waals surface area contributed by atoms with Gasteiger partial charge in [0.15, 0.2) is 0 Å². The average molecular weight is 596 g/mol. The van der Waals surface area contributed by atoms with Gasteiger partial charge in [0.1, 0.15) is 46.7 Å². The number of fused-ring (bicyclic) bond motifs is 1. The summed E-state index contributed by atoms with van der Waals surface area (Å²) in [5.41, 5.74) is 10.2. The molecule has 4 heterocycles. The fourth-order valence-corrected chi connectivity index (χ4v) is 6.87. The van der Waals surface area contributed by atoms with Crippen LogP contribution in [0.4, 0.5) is 5.82 Å². The largest absolute Gasteiger partial charge is 0.488 e. The lowest BCUT2D eigenvalue weighted by atomic mass is 9.78. The summed E-state index contributed by atoms with van der Waals surface area (Å²) in [7, 11) is 2.21. The molecule has 3 aromatic heterocycles. The number of nitrogen functional groups attached to an aromatic ring is 1. The number of nitrogens with two attached hydrogens (primary N) is 1. The molecule has 0 bridgehead atoms. The maximum absolute atomic E-state index is 6.42. The Morgan fingerprint density at radius 3 is 2.47 bits per heavy atom. The standard InChI is InChI=1S/C33H37N7O2S/c1-21-14-27(41-20-29-19-36-22(2)43-29)18-28(15-21)42-26-6-4-23(5-7-26)30-31-32(34)35-8-9-40(31)33(37-30)24-16-25(17-24)39-12-10-38(3)11-13-39/h4-9,14-15,18-19,24-25H,10-13,16-17,20H2,1-3H3,(H2,34,35). The maximum Gasteiger partial charge on any atom is 0.150 e. The summed E-state index contributed by atoms with van der Waals surface area (Å²) in [6, 6.07) is 14.6. The fourth-order valence-electron chi connectivity index (χ4n) is 6.16. The highest BCUT2D eigenvalue weighted by Crippen LogP contribution is 2.42. The van der Waals surface area contributed by atoms with Crippen molar-refractivity contribution in [3.05, 3.63) is 82.3 Å². The van der Waals surface area contributed by atoms with Gasteiger partial charge in [-0.25, -0.2) is 15.0 Å². The molecule has 1 aliphatic carbocycles. The van der Waals surface area contributed by atoms with Crippen molar-refractivity contribution in [3.63, 3.8) is 0 Å². The SMILES string of the molecule is Cc1cc(OCc2cnc(C)s2)cc(Oc2ccc(-c3nc(C4CC(N5CCN(C)CC5)C4)n4ccnc(N)c34)cc2)c1. The van der Waals surface area contributed by atoms with Gasteiger partial charge in [-0.1, -0.05) is 0 Å². The average Bonchev–Trinajstić information content (AvgIpc) is 3.57. The molecule has 10 heteroatoms. The molecule has 5 aromatic rings. The highest BCUT2D eigenvalue weighted by atomic mass is 32.1. The van der Waals surface area contributed by atoms with Crippen molar-refractivity contribution in [1.82, 2.24) is 29.2 Å². The number of nitrogens with zero attached hydrogens (tertiary/aromatic N) is 6. The molecule has 1 saturated heterocycles. The van der Waals surface area contributed by atoms with Gasteiger partial charge in [0.2, 0.25) is 0 Å². The summed E-state index contributed by atoms with van der Waals surface area (Å²) in [5, 5.41) is 1.03. The molecule has 2 aromatic carbocycles. The molecule has 9 nitrogen and oxygen atoms in total. The van der Waals surface area contributed by atoms with Gasteiger partial charge in [-0.05, 0) is 75.7 Å². The van der Waals surface area contributed by atoms with E-state index in [2.05, 4.69) is 31.2 Å². The maximum atomic E-state index is 6.42. The summed E-state index contributed by atoms with van der Waals surface area (Å²) < 4.78 is 14.4. The summed E-state index contributed by atoms with van der Waals surface area (Å²) in [6.07, 6.45) is 7.88. The Bertz CT molecular complexity index is 1730. The van der Waals surface area contributed by atoms with Crippen LogP contribution >= 0.6 is 11.3 Å². The van der Waals surface area contributed by atoms with Crippen LogP contribution in [0.2, 0.25) is 0 Å².